The second kappa shape index (κ2) is 12.7. The Balaban J connectivity index is 1.65. The van der Waals surface area contributed by atoms with Gasteiger partial charge in [-0.05, 0) is 95.7 Å². The molecule has 0 saturated carbocycles. The normalized spacial score (nSPS) is 10.7. The molecule has 0 aliphatic heterocycles. The van der Waals surface area contributed by atoms with Crippen molar-refractivity contribution in [3.05, 3.63) is 84.9 Å². The van der Waals surface area contributed by atoms with Crippen molar-refractivity contribution < 1.29 is 19.1 Å². The van der Waals surface area contributed by atoms with Crippen LogP contribution < -0.4 is 20.2 Å². The van der Waals surface area contributed by atoms with E-state index in [-0.39, 0.29) is 18.4 Å². The summed E-state index contributed by atoms with van der Waals surface area (Å²) in [5, 5.41) is 7.36. The smallest absolute Gasteiger partial charge is 0.271 e. The minimum Gasteiger partial charge on any atom is -0.490 e. The van der Waals surface area contributed by atoms with Crippen LogP contribution in [0.5, 0.6) is 11.5 Å². The quantitative estimate of drug-likeness (QED) is 0.171. The largest absolute Gasteiger partial charge is 0.490 e. The maximum Gasteiger partial charge on any atom is 0.271 e. The van der Waals surface area contributed by atoms with Gasteiger partial charge >= 0.3 is 0 Å². The van der Waals surface area contributed by atoms with E-state index in [2.05, 4.69) is 54.4 Å². The Morgan fingerprint density at radius 3 is 2.47 bits per heavy atom. The topological polar surface area (TPSA) is 89.0 Å². The van der Waals surface area contributed by atoms with Gasteiger partial charge in [0.25, 0.3) is 11.8 Å². The molecular formula is C24H20BrClIN3O4. The highest BCUT2D eigenvalue weighted by molar-refractivity contribution is 14.1. The molecule has 34 heavy (non-hydrogen) atoms. The Labute approximate surface area is 224 Å². The molecule has 0 aliphatic rings. The second-order valence-corrected chi connectivity index (χ2v) is 9.33. The molecule has 0 aliphatic carbocycles. The highest BCUT2D eigenvalue weighted by atomic mass is 127. The SMILES string of the molecule is CCOc1cc(/C=N/NC(=O)c2ccc(Br)cc2)cc(I)c1OCC(=O)Nc1ccc(Cl)cc1. The predicted octanol–water partition coefficient (Wildman–Crippen LogP) is 5.89. The van der Waals surface area contributed by atoms with E-state index in [9.17, 15) is 9.59 Å². The molecule has 2 amide bonds. The highest BCUT2D eigenvalue weighted by Crippen LogP contribution is 2.34. The van der Waals surface area contributed by atoms with Gasteiger partial charge in [0.15, 0.2) is 18.1 Å². The minimum atomic E-state index is -0.324. The predicted molar refractivity (Wildman–Crippen MR) is 145 cm³/mol. The number of hydrazone groups is 1. The van der Waals surface area contributed by atoms with Crippen LogP contribution in [0.3, 0.4) is 0 Å². The van der Waals surface area contributed by atoms with E-state index < -0.39 is 0 Å². The molecule has 0 aromatic heterocycles. The van der Waals surface area contributed by atoms with Gasteiger partial charge < -0.3 is 14.8 Å². The fraction of sp³-hybridized carbons (Fsp3) is 0.125. The average Bonchev–Trinajstić information content (AvgIpc) is 2.80. The number of rotatable bonds is 9. The van der Waals surface area contributed by atoms with Crippen molar-refractivity contribution in [2.75, 3.05) is 18.5 Å². The van der Waals surface area contributed by atoms with Crippen molar-refractivity contribution in [3.63, 3.8) is 0 Å². The molecule has 0 fully saturated rings. The first kappa shape index (κ1) is 26.0. The van der Waals surface area contributed by atoms with Crippen molar-refractivity contribution in [1.29, 1.82) is 0 Å². The van der Waals surface area contributed by atoms with Crippen molar-refractivity contribution >= 4 is 73.8 Å². The third kappa shape index (κ3) is 7.71. The summed E-state index contributed by atoms with van der Waals surface area (Å²) < 4.78 is 13.1. The summed E-state index contributed by atoms with van der Waals surface area (Å²) in [6.07, 6.45) is 1.51. The lowest BCUT2D eigenvalue weighted by atomic mass is 10.2. The van der Waals surface area contributed by atoms with Crippen molar-refractivity contribution in [2.45, 2.75) is 6.92 Å². The van der Waals surface area contributed by atoms with Crippen LogP contribution in [0.1, 0.15) is 22.8 Å². The zero-order chi connectivity index (χ0) is 24.5. The molecule has 0 atom stereocenters. The van der Waals surface area contributed by atoms with Crippen LogP contribution in [0, 0.1) is 3.57 Å². The maximum atomic E-state index is 12.3. The van der Waals surface area contributed by atoms with Crippen molar-refractivity contribution in [2.24, 2.45) is 5.10 Å². The van der Waals surface area contributed by atoms with Crippen molar-refractivity contribution in [1.82, 2.24) is 5.43 Å². The van der Waals surface area contributed by atoms with Crippen LogP contribution in [0.4, 0.5) is 5.69 Å². The summed E-state index contributed by atoms with van der Waals surface area (Å²) in [5.41, 5.74) is 4.31. The molecule has 0 spiro atoms. The highest BCUT2D eigenvalue weighted by Gasteiger charge is 2.14. The molecule has 3 aromatic rings. The molecule has 0 heterocycles. The van der Waals surface area contributed by atoms with E-state index in [1.165, 1.54) is 6.21 Å². The Morgan fingerprint density at radius 2 is 1.79 bits per heavy atom. The first-order valence-corrected chi connectivity index (χ1v) is 12.3. The van der Waals surface area contributed by atoms with E-state index in [1.54, 1.807) is 54.6 Å². The van der Waals surface area contributed by atoms with Gasteiger partial charge in [-0.2, -0.15) is 5.10 Å². The lowest BCUT2D eigenvalue weighted by molar-refractivity contribution is -0.118. The van der Waals surface area contributed by atoms with Gasteiger partial charge in [0.05, 0.1) is 16.4 Å². The van der Waals surface area contributed by atoms with Gasteiger partial charge in [0, 0.05) is 20.7 Å². The number of ether oxygens (including phenoxy) is 2. The Morgan fingerprint density at radius 1 is 1.09 bits per heavy atom. The standard InChI is InChI=1S/C24H20BrClIN3O4/c1-2-33-21-12-15(13-28-30-24(32)16-3-5-17(25)6-4-16)11-20(27)23(21)34-14-22(31)29-19-9-7-18(26)8-10-19/h3-13H,2,14H2,1H3,(H,29,31)(H,30,32)/b28-13+. The summed E-state index contributed by atoms with van der Waals surface area (Å²) in [7, 11) is 0. The third-order valence-corrected chi connectivity index (χ3v) is 5.88. The lowest BCUT2D eigenvalue weighted by Gasteiger charge is -2.14. The fourth-order valence-electron chi connectivity index (χ4n) is 2.76. The number of benzene rings is 3. The summed E-state index contributed by atoms with van der Waals surface area (Å²) in [6, 6.07) is 17.3. The number of hydrogen-bond donors (Lipinski definition) is 2. The zero-order valence-corrected chi connectivity index (χ0v) is 22.5. The van der Waals surface area contributed by atoms with Crippen molar-refractivity contribution in [3.8, 4) is 11.5 Å². The first-order chi connectivity index (χ1) is 16.4. The number of amides is 2. The molecule has 0 radical (unpaired) electrons. The molecule has 3 aromatic carbocycles. The van der Waals surface area contributed by atoms with Gasteiger partial charge in [-0.25, -0.2) is 5.43 Å². The summed E-state index contributed by atoms with van der Waals surface area (Å²) in [5.74, 6) is 0.274. The van der Waals surface area contributed by atoms with Crippen LogP contribution in [0.25, 0.3) is 0 Å². The number of carbonyl (C=O) groups is 2. The maximum absolute atomic E-state index is 12.3. The minimum absolute atomic E-state index is 0.199. The van der Waals surface area contributed by atoms with E-state index in [4.69, 9.17) is 21.1 Å². The first-order valence-electron chi connectivity index (χ1n) is 10.1. The molecule has 0 saturated heterocycles. The summed E-state index contributed by atoms with van der Waals surface area (Å²) >= 11 is 11.3. The molecule has 3 rings (SSSR count). The molecule has 176 valence electrons. The number of hydrogen-bond acceptors (Lipinski definition) is 5. The van der Waals surface area contributed by atoms with Crippen LogP contribution in [-0.2, 0) is 4.79 Å². The monoisotopic (exact) mass is 655 g/mol. The van der Waals surface area contributed by atoms with Gasteiger partial charge in [-0.15, -0.1) is 0 Å². The van der Waals surface area contributed by atoms with Gasteiger partial charge in [0.1, 0.15) is 0 Å². The number of anilines is 1. The lowest BCUT2D eigenvalue weighted by Crippen LogP contribution is -2.20. The Hall–Kier alpha value is -2.63. The third-order valence-electron chi connectivity index (χ3n) is 4.29. The fourth-order valence-corrected chi connectivity index (χ4v) is 3.94. The molecule has 2 N–H and O–H groups in total. The molecular weight excluding hydrogens is 637 g/mol. The van der Waals surface area contributed by atoms with Crippen LogP contribution >= 0.6 is 50.1 Å². The summed E-state index contributed by atoms with van der Waals surface area (Å²) in [6.45, 7) is 2.06. The van der Waals surface area contributed by atoms with E-state index in [1.807, 2.05) is 13.0 Å². The van der Waals surface area contributed by atoms with Crippen LogP contribution in [0.2, 0.25) is 5.02 Å². The Kier molecular flexibility index (Phi) is 9.73. The second-order valence-electron chi connectivity index (χ2n) is 6.81. The summed E-state index contributed by atoms with van der Waals surface area (Å²) in [4.78, 5) is 24.5. The van der Waals surface area contributed by atoms with Gasteiger partial charge in [0.2, 0.25) is 0 Å². The van der Waals surface area contributed by atoms with Crippen LogP contribution in [-0.4, -0.2) is 31.2 Å². The molecule has 0 bridgehead atoms. The molecule has 7 nitrogen and oxygen atoms in total. The Bertz CT molecular complexity index is 1190. The van der Waals surface area contributed by atoms with E-state index >= 15 is 0 Å². The molecule has 10 heteroatoms. The van der Waals surface area contributed by atoms with Crippen LogP contribution in [0.15, 0.2) is 70.2 Å². The zero-order valence-electron chi connectivity index (χ0n) is 18.0. The number of carbonyl (C=O) groups excluding carboxylic acids is 2. The van der Waals surface area contributed by atoms with E-state index in [0.29, 0.717) is 39.9 Å². The van der Waals surface area contributed by atoms with Gasteiger partial charge in [-0.1, -0.05) is 27.5 Å². The van der Waals surface area contributed by atoms with Gasteiger partial charge in [-0.3, -0.25) is 9.59 Å². The number of nitrogens with one attached hydrogen (secondary N) is 2. The number of nitrogens with zero attached hydrogens (tertiary/aromatic N) is 1. The average molecular weight is 657 g/mol. The number of halogens is 3. The molecule has 0 unspecified atom stereocenters. The van der Waals surface area contributed by atoms with E-state index in [0.717, 1.165) is 8.04 Å².